The molecule has 0 radical (unpaired) electrons. The van der Waals surface area contributed by atoms with E-state index in [0.29, 0.717) is 22.0 Å². The summed E-state index contributed by atoms with van der Waals surface area (Å²) in [7, 11) is -3.29. The molecule has 0 saturated carbocycles. The van der Waals surface area contributed by atoms with Gasteiger partial charge in [0, 0.05) is 11.8 Å². The summed E-state index contributed by atoms with van der Waals surface area (Å²) in [5.41, 5.74) is 6.74. The van der Waals surface area contributed by atoms with Crippen molar-refractivity contribution in [1.29, 1.82) is 0 Å². The fraction of sp³-hybridized carbons (Fsp3) is 0.0714. The van der Waals surface area contributed by atoms with Crippen LogP contribution in [0.3, 0.4) is 0 Å². The van der Waals surface area contributed by atoms with Crippen molar-refractivity contribution in [3.05, 3.63) is 53.1 Å². The van der Waals surface area contributed by atoms with Crippen LogP contribution in [0.4, 0.5) is 11.4 Å². The molecule has 0 aliphatic heterocycles. The number of nitrogens with two attached hydrogens (primary N) is 1. The highest BCUT2D eigenvalue weighted by molar-refractivity contribution is 7.90. The monoisotopic (exact) mass is 324 g/mol. The molecule has 0 saturated heterocycles. The Balaban J connectivity index is 2.25. The van der Waals surface area contributed by atoms with Crippen molar-refractivity contribution in [2.75, 3.05) is 17.3 Å². The Kier molecular flexibility index (Phi) is 4.20. The van der Waals surface area contributed by atoms with Gasteiger partial charge in [-0.2, -0.15) is 0 Å². The van der Waals surface area contributed by atoms with Gasteiger partial charge in [0.1, 0.15) is 0 Å². The van der Waals surface area contributed by atoms with Crippen molar-refractivity contribution in [3.63, 3.8) is 0 Å². The van der Waals surface area contributed by atoms with Gasteiger partial charge < -0.3 is 11.1 Å². The number of halogens is 1. The fourth-order valence-corrected chi connectivity index (χ4v) is 2.57. The molecule has 0 aromatic heterocycles. The minimum Gasteiger partial charge on any atom is -0.397 e. The Morgan fingerprint density at radius 1 is 1.14 bits per heavy atom. The van der Waals surface area contributed by atoms with E-state index in [4.69, 9.17) is 17.3 Å². The topological polar surface area (TPSA) is 89.3 Å². The average Bonchev–Trinajstić information content (AvgIpc) is 2.42. The normalized spacial score (nSPS) is 11.1. The van der Waals surface area contributed by atoms with Crippen LogP contribution in [0.15, 0.2) is 47.4 Å². The Hall–Kier alpha value is -2.05. The molecule has 0 aliphatic rings. The first-order valence-electron chi connectivity index (χ1n) is 5.94. The van der Waals surface area contributed by atoms with Gasteiger partial charge in [-0.1, -0.05) is 17.7 Å². The number of nitrogen functional groups attached to an aromatic ring is 1. The molecule has 0 bridgehead atoms. The van der Waals surface area contributed by atoms with Crippen LogP contribution in [0.1, 0.15) is 10.4 Å². The van der Waals surface area contributed by atoms with Crippen molar-refractivity contribution in [2.45, 2.75) is 4.90 Å². The van der Waals surface area contributed by atoms with E-state index in [1.165, 1.54) is 24.3 Å². The van der Waals surface area contributed by atoms with Gasteiger partial charge in [-0.3, -0.25) is 4.79 Å². The van der Waals surface area contributed by atoms with Crippen LogP contribution in [0, 0.1) is 0 Å². The molecule has 0 fully saturated rings. The first-order valence-corrected chi connectivity index (χ1v) is 8.21. The molecule has 1 amide bonds. The number of nitrogens with one attached hydrogen (secondary N) is 1. The number of anilines is 2. The number of rotatable bonds is 3. The second kappa shape index (κ2) is 5.75. The van der Waals surface area contributed by atoms with E-state index in [0.717, 1.165) is 6.26 Å². The number of sulfone groups is 1. The van der Waals surface area contributed by atoms with Crippen LogP contribution in [-0.4, -0.2) is 20.6 Å². The summed E-state index contributed by atoms with van der Waals surface area (Å²) in [4.78, 5) is 12.3. The van der Waals surface area contributed by atoms with Gasteiger partial charge in [0.05, 0.1) is 21.3 Å². The Morgan fingerprint density at radius 2 is 1.76 bits per heavy atom. The SMILES string of the molecule is CS(=O)(=O)c1ccc(C(=O)Nc2c(N)cccc2Cl)cc1. The minimum atomic E-state index is -3.29. The van der Waals surface area contributed by atoms with Gasteiger partial charge in [-0.05, 0) is 36.4 Å². The van der Waals surface area contributed by atoms with Crippen LogP contribution in [0.25, 0.3) is 0 Å². The molecule has 0 spiro atoms. The number of carbonyl (C=O) groups excluding carboxylic acids is 1. The first-order chi connectivity index (χ1) is 9.79. The van der Waals surface area contributed by atoms with Gasteiger partial charge in [0.25, 0.3) is 5.91 Å². The van der Waals surface area contributed by atoms with Crippen LogP contribution in [0.2, 0.25) is 5.02 Å². The van der Waals surface area contributed by atoms with E-state index < -0.39 is 15.7 Å². The lowest BCUT2D eigenvalue weighted by Gasteiger charge is -2.10. The Bertz CT molecular complexity index is 766. The smallest absolute Gasteiger partial charge is 0.255 e. The molecule has 110 valence electrons. The van der Waals surface area contributed by atoms with Crippen LogP contribution < -0.4 is 11.1 Å². The second-order valence-electron chi connectivity index (χ2n) is 4.45. The third-order valence-corrected chi connectivity index (χ3v) is 4.27. The zero-order valence-corrected chi connectivity index (χ0v) is 12.7. The fourth-order valence-electron chi connectivity index (χ4n) is 1.71. The van der Waals surface area contributed by atoms with E-state index in [1.54, 1.807) is 18.2 Å². The third-order valence-electron chi connectivity index (χ3n) is 2.83. The maximum absolute atomic E-state index is 12.1. The zero-order valence-electron chi connectivity index (χ0n) is 11.1. The summed E-state index contributed by atoms with van der Waals surface area (Å²) in [5.74, 6) is -0.421. The molecule has 3 N–H and O–H groups in total. The highest BCUT2D eigenvalue weighted by atomic mass is 35.5. The van der Waals surface area contributed by atoms with Crippen molar-refractivity contribution >= 4 is 38.7 Å². The Morgan fingerprint density at radius 3 is 2.29 bits per heavy atom. The molecular formula is C14H13ClN2O3S. The van der Waals surface area contributed by atoms with Gasteiger partial charge in [-0.25, -0.2) is 8.42 Å². The zero-order chi connectivity index (χ0) is 15.6. The average molecular weight is 325 g/mol. The molecule has 2 rings (SSSR count). The number of benzene rings is 2. The number of amides is 1. The van der Waals surface area contributed by atoms with Crippen molar-refractivity contribution < 1.29 is 13.2 Å². The maximum atomic E-state index is 12.1. The van der Waals surface area contributed by atoms with Gasteiger partial charge in [-0.15, -0.1) is 0 Å². The predicted octanol–water partition coefficient (Wildman–Crippen LogP) is 2.58. The molecule has 0 unspecified atom stereocenters. The van der Waals surface area contributed by atoms with E-state index >= 15 is 0 Å². The lowest BCUT2D eigenvalue weighted by Crippen LogP contribution is -2.13. The summed E-state index contributed by atoms with van der Waals surface area (Å²) in [6.07, 6.45) is 1.10. The van der Waals surface area contributed by atoms with E-state index in [9.17, 15) is 13.2 Å². The molecule has 2 aromatic rings. The molecule has 2 aromatic carbocycles. The summed E-state index contributed by atoms with van der Waals surface area (Å²) < 4.78 is 22.7. The first kappa shape index (κ1) is 15.3. The predicted molar refractivity (Wildman–Crippen MR) is 83.4 cm³/mol. The van der Waals surface area contributed by atoms with Crippen LogP contribution >= 0.6 is 11.6 Å². The van der Waals surface area contributed by atoms with Crippen molar-refractivity contribution in [2.24, 2.45) is 0 Å². The quantitative estimate of drug-likeness (QED) is 0.849. The van der Waals surface area contributed by atoms with Crippen LogP contribution in [0.5, 0.6) is 0 Å². The molecular weight excluding hydrogens is 312 g/mol. The third kappa shape index (κ3) is 3.53. The van der Waals surface area contributed by atoms with E-state index in [1.807, 2.05) is 0 Å². The highest BCUT2D eigenvalue weighted by Gasteiger charge is 2.12. The minimum absolute atomic E-state index is 0.149. The summed E-state index contributed by atoms with van der Waals surface area (Å²) in [6.45, 7) is 0. The molecule has 21 heavy (non-hydrogen) atoms. The largest absolute Gasteiger partial charge is 0.397 e. The van der Waals surface area contributed by atoms with Gasteiger partial charge >= 0.3 is 0 Å². The summed E-state index contributed by atoms with van der Waals surface area (Å²) in [6, 6.07) is 10.5. The number of carbonyl (C=O) groups is 1. The maximum Gasteiger partial charge on any atom is 0.255 e. The summed E-state index contributed by atoms with van der Waals surface area (Å²) >= 11 is 5.97. The molecule has 0 heterocycles. The molecule has 0 atom stereocenters. The van der Waals surface area contributed by atoms with Gasteiger partial charge in [0.2, 0.25) is 0 Å². The van der Waals surface area contributed by atoms with E-state index in [2.05, 4.69) is 5.32 Å². The number of para-hydroxylation sites is 1. The second-order valence-corrected chi connectivity index (χ2v) is 6.88. The molecule has 5 nitrogen and oxygen atoms in total. The number of hydrogen-bond donors (Lipinski definition) is 2. The van der Waals surface area contributed by atoms with Gasteiger partial charge in [0.15, 0.2) is 9.84 Å². The molecule has 7 heteroatoms. The van der Waals surface area contributed by atoms with Crippen molar-refractivity contribution in [1.82, 2.24) is 0 Å². The van der Waals surface area contributed by atoms with Crippen LogP contribution in [-0.2, 0) is 9.84 Å². The number of hydrogen-bond acceptors (Lipinski definition) is 4. The highest BCUT2D eigenvalue weighted by Crippen LogP contribution is 2.28. The molecule has 0 aliphatic carbocycles. The lowest BCUT2D eigenvalue weighted by molar-refractivity contribution is 0.102. The van der Waals surface area contributed by atoms with E-state index in [-0.39, 0.29) is 4.90 Å². The summed E-state index contributed by atoms with van der Waals surface area (Å²) in [5, 5.41) is 2.94. The van der Waals surface area contributed by atoms with Crippen molar-refractivity contribution in [3.8, 4) is 0 Å². The Labute approximate surface area is 127 Å². The standard InChI is InChI=1S/C14H13ClN2O3S/c1-21(19,20)10-7-5-9(6-8-10)14(18)17-13-11(15)3-2-4-12(13)16/h2-8H,16H2,1H3,(H,17,18). The lowest BCUT2D eigenvalue weighted by atomic mass is 10.2.